The minimum atomic E-state index is -1.02. The highest BCUT2D eigenvalue weighted by Crippen LogP contribution is 2.11. The average molecular weight is 279 g/mol. The van der Waals surface area contributed by atoms with Gasteiger partial charge in [-0.3, -0.25) is 4.79 Å². The molecular weight excluding hydrogens is 258 g/mol. The molecule has 1 aromatic rings. The van der Waals surface area contributed by atoms with Crippen LogP contribution < -0.4 is 10.1 Å². The molecule has 20 heavy (non-hydrogen) atoms. The first-order chi connectivity index (χ1) is 9.43. The van der Waals surface area contributed by atoms with E-state index in [1.807, 2.05) is 26.0 Å². The molecule has 2 atom stereocenters. The number of rotatable bonds is 7. The average Bonchev–Trinajstić information content (AvgIpc) is 2.43. The Balaban J connectivity index is 2.49. The summed E-state index contributed by atoms with van der Waals surface area (Å²) in [6, 6.07) is 6.42. The number of carboxylic acid groups (broad SMARTS) is 1. The largest absolute Gasteiger partial charge is 0.484 e. The minimum absolute atomic E-state index is 0.129. The first kappa shape index (κ1) is 16.0. The molecule has 5 heteroatoms. The van der Waals surface area contributed by atoms with E-state index in [4.69, 9.17) is 9.84 Å². The second kappa shape index (κ2) is 7.53. The third-order valence-electron chi connectivity index (χ3n) is 3.19. The molecule has 0 heterocycles. The fraction of sp³-hybridized carbons (Fsp3) is 0.467. The highest BCUT2D eigenvalue weighted by atomic mass is 16.5. The Hall–Kier alpha value is -2.04. The maximum atomic E-state index is 11.7. The minimum Gasteiger partial charge on any atom is -0.484 e. The standard InChI is InChI=1S/C15H21NO4/c1-4-11(3)14(15(18)19)16-13(17)9-20-12-7-5-10(2)6-8-12/h5-8,11,14H,4,9H2,1-3H3,(H,16,17)(H,18,19). The number of hydrogen-bond donors (Lipinski definition) is 2. The molecule has 0 aromatic heterocycles. The number of nitrogens with one attached hydrogen (secondary N) is 1. The summed E-state index contributed by atoms with van der Waals surface area (Å²) in [6.07, 6.45) is 0.677. The lowest BCUT2D eigenvalue weighted by Gasteiger charge is -2.20. The molecule has 0 radical (unpaired) electrons. The number of carbonyl (C=O) groups excluding carboxylic acids is 1. The lowest BCUT2D eigenvalue weighted by molar-refractivity contribution is -0.143. The van der Waals surface area contributed by atoms with Gasteiger partial charge in [0.1, 0.15) is 11.8 Å². The van der Waals surface area contributed by atoms with Gasteiger partial charge in [0, 0.05) is 0 Å². The Kier molecular flexibility index (Phi) is 6.03. The highest BCUT2D eigenvalue weighted by Gasteiger charge is 2.25. The van der Waals surface area contributed by atoms with Gasteiger partial charge in [0.05, 0.1) is 0 Å². The molecule has 2 unspecified atom stereocenters. The predicted molar refractivity (Wildman–Crippen MR) is 75.7 cm³/mol. The van der Waals surface area contributed by atoms with Gasteiger partial charge in [0.2, 0.25) is 0 Å². The van der Waals surface area contributed by atoms with Crippen molar-refractivity contribution in [2.45, 2.75) is 33.2 Å². The van der Waals surface area contributed by atoms with E-state index in [2.05, 4.69) is 5.32 Å². The zero-order valence-corrected chi connectivity index (χ0v) is 12.1. The fourth-order valence-corrected chi connectivity index (χ4v) is 1.68. The molecular formula is C15H21NO4. The van der Waals surface area contributed by atoms with E-state index in [0.717, 1.165) is 5.56 Å². The van der Waals surface area contributed by atoms with Gasteiger partial charge in [-0.15, -0.1) is 0 Å². The molecule has 0 aliphatic carbocycles. The first-order valence-electron chi connectivity index (χ1n) is 6.65. The maximum Gasteiger partial charge on any atom is 0.326 e. The van der Waals surface area contributed by atoms with Crippen LogP contribution in [0.25, 0.3) is 0 Å². The molecule has 0 saturated heterocycles. The molecule has 1 aromatic carbocycles. The van der Waals surface area contributed by atoms with E-state index in [1.54, 1.807) is 19.1 Å². The summed E-state index contributed by atoms with van der Waals surface area (Å²) < 4.78 is 5.31. The first-order valence-corrected chi connectivity index (χ1v) is 6.65. The van der Waals surface area contributed by atoms with E-state index in [-0.39, 0.29) is 12.5 Å². The molecule has 0 saturated carbocycles. The Morgan fingerprint density at radius 2 is 1.90 bits per heavy atom. The number of aliphatic carboxylic acids is 1. The summed E-state index contributed by atoms with van der Waals surface area (Å²) in [6.45, 7) is 5.44. The Morgan fingerprint density at radius 1 is 1.30 bits per heavy atom. The lowest BCUT2D eigenvalue weighted by Crippen LogP contribution is -2.46. The quantitative estimate of drug-likeness (QED) is 0.800. The summed E-state index contributed by atoms with van der Waals surface area (Å²) in [7, 11) is 0. The van der Waals surface area contributed by atoms with Crippen molar-refractivity contribution < 1.29 is 19.4 Å². The summed E-state index contributed by atoms with van der Waals surface area (Å²) in [5.41, 5.74) is 1.10. The zero-order valence-electron chi connectivity index (χ0n) is 12.1. The van der Waals surface area contributed by atoms with Crippen LogP contribution in [0.2, 0.25) is 0 Å². The number of hydrogen-bond acceptors (Lipinski definition) is 3. The van der Waals surface area contributed by atoms with Gasteiger partial charge in [0.15, 0.2) is 6.61 Å². The van der Waals surface area contributed by atoms with E-state index in [9.17, 15) is 9.59 Å². The molecule has 0 bridgehead atoms. The van der Waals surface area contributed by atoms with Gasteiger partial charge in [-0.2, -0.15) is 0 Å². The van der Waals surface area contributed by atoms with Crippen LogP contribution in [0.4, 0.5) is 0 Å². The third kappa shape index (κ3) is 4.91. The van der Waals surface area contributed by atoms with Crippen LogP contribution in [-0.2, 0) is 9.59 Å². The summed E-state index contributed by atoms with van der Waals surface area (Å²) >= 11 is 0. The Bertz CT molecular complexity index is 455. The summed E-state index contributed by atoms with van der Waals surface area (Å²) in [5, 5.41) is 11.6. The number of aryl methyl sites for hydroxylation is 1. The van der Waals surface area contributed by atoms with Crippen molar-refractivity contribution >= 4 is 11.9 Å². The van der Waals surface area contributed by atoms with Crippen molar-refractivity contribution in [2.75, 3.05) is 6.61 Å². The molecule has 0 fully saturated rings. The maximum absolute atomic E-state index is 11.7. The van der Waals surface area contributed by atoms with Crippen LogP contribution >= 0.6 is 0 Å². The number of ether oxygens (including phenoxy) is 1. The SMILES string of the molecule is CCC(C)C(NC(=O)COc1ccc(C)cc1)C(=O)O. The predicted octanol–water partition coefficient (Wildman–Crippen LogP) is 1.99. The van der Waals surface area contributed by atoms with Crippen molar-refractivity contribution in [3.63, 3.8) is 0 Å². The van der Waals surface area contributed by atoms with Crippen LogP contribution in [0, 0.1) is 12.8 Å². The van der Waals surface area contributed by atoms with Crippen LogP contribution in [0.15, 0.2) is 24.3 Å². The molecule has 1 rings (SSSR count). The van der Waals surface area contributed by atoms with Crippen molar-refractivity contribution in [1.82, 2.24) is 5.32 Å². The molecule has 2 N–H and O–H groups in total. The summed E-state index contributed by atoms with van der Waals surface area (Å²) in [5.74, 6) is -1.00. The molecule has 0 aliphatic heterocycles. The smallest absolute Gasteiger partial charge is 0.326 e. The topological polar surface area (TPSA) is 75.6 Å². The molecule has 0 aliphatic rings. The highest BCUT2D eigenvalue weighted by molar-refractivity contribution is 5.84. The van der Waals surface area contributed by atoms with Crippen molar-refractivity contribution in [3.05, 3.63) is 29.8 Å². The van der Waals surface area contributed by atoms with Gasteiger partial charge in [-0.25, -0.2) is 4.79 Å². The van der Waals surface area contributed by atoms with Crippen LogP contribution in [0.3, 0.4) is 0 Å². The number of amides is 1. The number of carboxylic acids is 1. The zero-order chi connectivity index (χ0) is 15.1. The van der Waals surface area contributed by atoms with Gasteiger partial charge in [-0.05, 0) is 25.0 Å². The molecule has 1 amide bonds. The van der Waals surface area contributed by atoms with E-state index >= 15 is 0 Å². The molecule has 5 nitrogen and oxygen atoms in total. The van der Waals surface area contributed by atoms with E-state index < -0.39 is 17.9 Å². The van der Waals surface area contributed by atoms with Gasteiger partial charge < -0.3 is 15.2 Å². The summed E-state index contributed by atoms with van der Waals surface area (Å²) in [4.78, 5) is 22.8. The van der Waals surface area contributed by atoms with E-state index in [1.165, 1.54) is 0 Å². The monoisotopic (exact) mass is 279 g/mol. The van der Waals surface area contributed by atoms with Crippen LogP contribution in [-0.4, -0.2) is 29.6 Å². The molecule has 110 valence electrons. The normalized spacial score (nSPS) is 13.3. The van der Waals surface area contributed by atoms with Crippen molar-refractivity contribution in [2.24, 2.45) is 5.92 Å². The second-order valence-electron chi connectivity index (χ2n) is 4.87. The second-order valence-corrected chi connectivity index (χ2v) is 4.87. The molecule has 0 spiro atoms. The van der Waals surface area contributed by atoms with Gasteiger partial charge in [0.25, 0.3) is 5.91 Å². The third-order valence-corrected chi connectivity index (χ3v) is 3.19. The van der Waals surface area contributed by atoms with Crippen molar-refractivity contribution in [1.29, 1.82) is 0 Å². The van der Waals surface area contributed by atoms with Gasteiger partial charge >= 0.3 is 5.97 Å². The lowest BCUT2D eigenvalue weighted by atomic mass is 9.99. The fourth-order valence-electron chi connectivity index (χ4n) is 1.68. The Morgan fingerprint density at radius 3 is 2.40 bits per heavy atom. The van der Waals surface area contributed by atoms with Gasteiger partial charge in [-0.1, -0.05) is 38.0 Å². The van der Waals surface area contributed by atoms with E-state index in [0.29, 0.717) is 12.2 Å². The van der Waals surface area contributed by atoms with Crippen LogP contribution in [0.5, 0.6) is 5.75 Å². The number of benzene rings is 1. The van der Waals surface area contributed by atoms with Crippen LogP contribution in [0.1, 0.15) is 25.8 Å². The Labute approximate surface area is 118 Å². The van der Waals surface area contributed by atoms with Crippen molar-refractivity contribution in [3.8, 4) is 5.75 Å². The number of carbonyl (C=O) groups is 2.